The van der Waals surface area contributed by atoms with E-state index in [9.17, 15) is 14.7 Å². The molecule has 41 heavy (non-hydrogen) atoms. The van der Waals surface area contributed by atoms with Crippen LogP contribution in [0.2, 0.25) is 10.0 Å². The number of nitrogens with zero attached hydrogens (tertiary/aromatic N) is 1. The second-order valence-corrected chi connectivity index (χ2v) is 11.5. The summed E-state index contributed by atoms with van der Waals surface area (Å²) in [5.74, 6) is -0.709. The average molecular weight is 724 g/mol. The number of carbonyl (C=O) groups excluding carboxylic acids is 2. The van der Waals surface area contributed by atoms with Crippen LogP contribution in [-0.2, 0) is 16.1 Å². The van der Waals surface area contributed by atoms with Gasteiger partial charge in [0.05, 0.1) is 32.3 Å². The second-order valence-electron chi connectivity index (χ2n) is 8.44. The lowest BCUT2D eigenvalue weighted by atomic mass is 10.1. The number of halogens is 3. The SMILES string of the molecule is CCOC(=O)C1=C(O)/C(=C/c2cc(I)c(OCc3cccc(Cl)c3)c(OCC)c2)SC1=NC(=O)c1ccccc1Cl. The monoisotopic (exact) mass is 723 g/mol. The maximum atomic E-state index is 12.9. The van der Waals surface area contributed by atoms with Crippen molar-refractivity contribution < 1.29 is 28.9 Å². The Morgan fingerprint density at radius 1 is 1.02 bits per heavy atom. The van der Waals surface area contributed by atoms with E-state index in [0.717, 1.165) is 20.9 Å². The van der Waals surface area contributed by atoms with Crippen molar-refractivity contribution in [3.05, 3.63) is 107 Å². The lowest BCUT2D eigenvalue weighted by Crippen LogP contribution is -2.14. The van der Waals surface area contributed by atoms with Crippen molar-refractivity contribution in [3.8, 4) is 11.5 Å². The van der Waals surface area contributed by atoms with Gasteiger partial charge in [0.2, 0.25) is 0 Å². The number of esters is 1. The first-order valence-corrected chi connectivity index (χ1v) is 15.1. The molecule has 3 aromatic carbocycles. The molecule has 1 aliphatic rings. The molecule has 0 saturated heterocycles. The van der Waals surface area contributed by atoms with E-state index < -0.39 is 11.9 Å². The number of ether oxygens (including phenoxy) is 3. The molecular weight excluding hydrogens is 700 g/mol. The third-order valence-electron chi connectivity index (χ3n) is 5.58. The Morgan fingerprint density at radius 3 is 2.51 bits per heavy atom. The van der Waals surface area contributed by atoms with Gasteiger partial charge < -0.3 is 19.3 Å². The van der Waals surface area contributed by atoms with Gasteiger partial charge in [0.15, 0.2) is 11.5 Å². The summed E-state index contributed by atoms with van der Waals surface area (Å²) < 4.78 is 17.9. The summed E-state index contributed by atoms with van der Waals surface area (Å²) in [7, 11) is 0. The first-order chi connectivity index (χ1) is 19.7. The van der Waals surface area contributed by atoms with Crippen molar-refractivity contribution in [2.75, 3.05) is 13.2 Å². The van der Waals surface area contributed by atoms with Crippen molar-refractivity contribution in [2.45, 2.75) is 20.5 Å². The summed E-state index contributed by atoms with van der Waals surface area (Å²) in [6.45, 7) is 4.28. The molecule has 0 atom stereocenters. The number of rotatable bonds is 9. The molecule has 7 nitrogen and oxygen atoms in total. The minimum atomic E-state index is -0.791. The first kappa shape index (κ1) is 31.0. The van der Waals surface area contributed by atoms with Crippen molar-refractivity contribution in [1.82, 2.24) is 0 Å². The van der Waals surface area contributed by atoms with E-state index in [1.807, 2.05) is 31.2 Å². The van der Waals surface area contributed by atoms with Crippen molar-refractivity contribution >= 4 is 80.6 Å². The largest absolute Gasteiger partial charge is 0.506 e. The van der Waals surface area contributed by atoms with Crippen LogP contribution >= 0.6 is 57.6 Å². The van der Waals surface area contributed by atoms with Crippen LogP contribution in [0.25, 0.3) is 6.08 Å². The van der Waals surface area contributed by atoms with Gasteiger partial charge in [-0.3, -0.25) is 4.79 Å². The highest BCUT2D eigenvalue weighted by Crippen LogP contribution is 2.41. The fourth-order valence-electron chi connectivity index (χ4n) is 3.79. The van der Waals surface area contributed by atoms with Gasteiger partial charge >= 0.3 is 5.97 Å². The molecule has 212 valence electrons. The summed E-state index contributed by atoms with van der Waals surface area (Å²) >= 11 is 15.4. The lowest BCUT2D eigenvalue weighted by molar-refractivity contribution is -0.138. The molecule has 0 spiro atoms. The topological polar surface area (TPSA) is 94.4 Å². The molecule has 0 saturated carbocycles. The van der Waals surface area contributed by atoms with E-state index >= 15 is 0 Å². The van der Waals surface area contributed by atoms with Crippen molar-refractivity contribution in [1.29, 1.82) is 0 Å². The Bertz CT molecular complexity index is 1590. The van der Waals surface area contributed by atoms with Gasteiger partial charge in [0, 0.05) is 5.02 Å². The minimum absolute atomic E-state index is 0.0123. The van der Waals surface area contributed by atoms with Gasteiger partial charge in [-0.25, -0.2) is 9.79 Å². The Kier molecular flexibility index (Phi) is 10.8. The van der Waals surface area contributed by atoms with Gasteiger partial charge in [-0.2, -0.15) is 0 Å². The van der Waals surface area contributed by atoms with Crippen LogP contribution < -0.4 is 9.47 Å². The van der Waals surface area contributed by atoms with E-state index in [0.29, 0.717) is 40.2 Å². The maximum Gasteiger partial charge on any atom is 0.344 e. The number of aliphatic hydroxyl groups excluding tert-OH is 1. The van der Waals surface area contributed by atoms with Crippen molar-refractivity contribution in [2.24, 2.45) is 4.99 Å². The summed E-state index contributed by atoms with van der Waals surface area (Å²) in [5, 5.41) is 11.9. The zero-order chi connectivity index (χ0) is 29.5. The standard InChI is InChI=1S/C30H24Cl2INO6S/c1-3-38-23-14-18(13-22(33)27(23)40-16-17-8-7-9-19(31)12-17)15-24-26(35)25(30(37)39-4-2)29(41-24)34-28(36)20-10-5-6-11-21(20)32/h5-15,35H,3-4,16H2,1-2H3/b24-15-,34-29?. The van der Waals surface area contributed by atoms with Crippen LogP contribution in [0.15, 0.2) is 81.9 Å². The highest BCUT2D eigenvalue weighted by molar-refractivity contribution is 14.1. The van der Waals surface area contributed by atoms with Crippen molar-refractivity contribution in [3.63, 3.8) is 0 Å². The molecule has 1 N–H and O–H groups in total. The third-order valence-corrected chi connectivity index (χ3v) is 7.97. The minimum Gasteiger partial charge on any atom is -0.506 e. The second kappa shape index (κ2) is 14.3. The molecule has 0 aromatic heterocycles. The number of hydrogen-bond acceptors (Lipinski definition) is 7. The van der Waals surface area contributed by atoms with Gasteiger partial charge in [-0.05, 0) is 90.0 Å². The van der Waals surface area contributed by atoms with Crippen LogP contribution in [0, 0.1) is 3.57 Å². The Balaban J connectivity index is 1.69. The van der Waals surface area contributed by atoms with E-state index in [1.54, 1.807) is 43.3 Å². The molecule has 0 unspecified atom stereocenters. The third kappa shape index (κ3) is 7.65. The Hall–Kier alpha value is -2.99. The number of aliphatic imine (C=N–C) groups is 1. The Labute approximate surface area is 265 Å². The predicted octanol–water partition coefficient (Wildman–Crippen LogP) is 8.28. The highest BCUT2D eigenvalue weighted by Gasteiger charge is 2.34. The highest BCUT2D eigenvalue weighted by atomic mass is 127. The molecule has 1 heterocycles. The fraction of sp³-hybridized carbons (Fsp3) is 0.167. The summed E-state index contributed by atoms with van der Waals surface area (Å²) in [6.07, 6.45) is 1.67. The van der Waals surface area contributed by atoms with E-state index in [1.165, 1.54) is 6.07 Å². The summed E-state index contributed by atoms with van der Waals surface area (Å²) in [5.41, 5.74) is 1.56. The smallest absolute Gasteiger partial charge is 0.344 e. The van der Waals surface area contributed by atoms with E-state index in [4.69, 9.17) is 37.4 Å². The fourth-order valence-corrected chi connectivity index (χ4v) is 6.01. The van der Waals surface area contributed by atoms with Gasteiger partial charge in [-0.15, -0.1) is 0 Å². The number of amides is 1. The molecule has 0 fully saturated rings. The molecule has 11 heteroatoms. The quantitative estimate of drug-likeness (QED) is 0.175. The zero-order valence-corrected chi connectivity index (χ0v) is 26.4. The van der Waals surface area contributed by atoms with Crippen LogP contribution in [0.1, 0.15) is 35.3 Å². The van der Waals surface area contributed by atoms with E-state index in [-0.39, 0.29) is 33.6 Å². The molecule has 3 aromatic rings. The number of hydrogen-bond donors (Lipinski definition) is 1. The van der Waals surface area contributed by atoms with Gasteiger partial charge in [-0.1, -0.05) is 59.2 Å². The lowest BCUT2D eigenvalue weighted by Gasteiger charge is -2.15. The molecule has 1 aliphatic heterocycles. The maximum absolute atomic E-state index is 12.9. The van der Waals surface area contributed by atoms with Gasteiger partial charge in [0.1, 0.15) is 23.0 Å². The molecule has 1 amide bonds. The van der Waals surface area contributed by atoms with Crippen LogP contribution in [-0.4, -0.2) is 35.2 Å². The van der Waals surface area contributed by atoms with Gasteiger partial charge in [0.25, 0.3) is 5.91 Å². The number of thioether (sulfide) groups is 1. The zero-order valence-electron chi connectivity index (χ0n) is 21.9. The summed E-state index contributed by atoms with van der Waals surface area (Å²) in [6, 6.07) is 17.5. The van der Waals surface area contributed by atoms with E-state index in [2.05, 4.69) is 27.6 Å². The number of carbonyl (C=O) groups is 2. The predicted molar refractivity (Wildman–Crippen MR) is 171 cm³/mol. The average Bonchev–Trinajstić information content (AvgIpc) is 3.22. The molecule has 0 radical (unpaired) electrons. The van der Waals surface area contributed by atoms with Crippen LogP contribution in [0.5, 0.6) is 11.5 Å². The first-order valence-electron chi connectivity index (χ1n) is 12.4. The van der Waals surface area contributed by atoms with Crippen LogP contribution in [0.4, 0.5) is 0 Å². The summed E-state index contributed by atoms with van der Waals surface area (Å²) in [4.78, 5) is 30.1. The molecule has 0 aliphatic carbocycles. The molecule has 4 rings (SSSR count). The Morgan fingerprint density at radius 2 is 1.80 bits per heavy atom. The number of aliphatic hydroxyl groups is 1. The number of benzene rings is 3. The normalized spacial score (nSPS) is 15.0. The van der Waals surface area contributed by atoms with Crippen LogP contribution in [0.3, 0.4) is 0 Å². The molecular formula is C30H24Cl2INO6S. The molecule has 0 bridgehead atoms.